The number of hydrogen-bond acceptors (Lipinski definition) is 1. The first-order valence-corrected chi connectivity index (χ1v) is 27.3. The third kappa shape index (κ3) is 7.17. The average molecular weight is 942 g/mol. The molecule has 0 aliphatic carbocycles. The number of benzene rings is 10. The van der Waals surface area contributed by atoms with Gasteiger partial charge in [0.2, 0.25) is 0 Å². The molecule has 13 heteroatoms. The van der Waals surface area contributed by atoms with Crippen LogP contribution in [0.15, 0.2) is 212 Å². The Balaban J connectivity index is 1.29. The molecule has 0 radical (unpaired) electrons. The molecule has 0 amide bonds. The minimum absolute atomic E-state index is 0.906. The molecule has 0 bridgehead atoms. The molecule has 73 heavy (non-hydrogen) atoms. The van der Waals surface area contributed by atoms with Gasteiger partial charge in [0.05, 0.1) is 16.7 Å². The molecule has 2 aromatic heterocycles. The summed E-state index contributed by atoms with van der Waals surface area (Å²) in [6, 6.07) is 70.5. The number of para-hydroxylation sites is 2. The van der Waals surface area contributed by atoms with Gasteiger partial charge in [0.15, 0.2) is 0 Å². The SMILES string of the molecule is Bc1c(B)c(B)c(-c2cc(S(c3ccccc3)(c3ccccc3)c3ccccc3)cc(-c3c(B)c(B)c(B)c(B)c3B)c2-n2c3ccccc3c3cc(-c4ccc5oc6ccccc6c5c4)ccc32)c(B)c1B. The number of rotatable bonds is 8. The summed E-state index contributed by atoms with van der Waals surface area (Å²) in [4.78, 5) is 5.21. The van der Waals surface area contributed by atoms with Crippen LogP contribution in [0.25, 0.3) is 82.8 Å². The molecule has 0 unspecified atom stereocenters. The molecular weight excluding hydrogens is 891 g/mol. The largest absolute Gasteiger partial charge is 0.456 e. The van der Waals surface area contributed by atoms with Crippen molar-refractivity contribution < 1.29 is 4.42 Å². The van der Waals surface area contributed by atoms with E-state index in [9.17, 15) is 0 Å². The van der Waals surface area contributed by atoms with E-state index in [1.165, 1.54) is 135 Å². The van der Waals surface area contributed by atoms with E-state index in [1.807, 2.05) is 6.07 Å². The summed E-state index contributed by atoms with van der Waals surface area (Å²) in [5.74, 6) is 0. The molecule has 0 aliphatic heterocycles. The van der Waals surface area contributed by atoms with Gasteiger partial charge in [-0.1, -0.05) is 125 Å². The van der Waals surface area contributed by atoms with Gasteiger partial charge in [0.25, 0.3) is 0 Å². The van der Waals surface area contributed by atoms with Crippen LogP contribution < -0.4 is 54.6 Å². The van der Waals surface area contributed by atoms with Crippen LogP contribution in [0.5, 0.6) is 0 Å². The normalized spacial score (nSPS) is 12.1. The predicted molar refractivity (Wildman–Crippen MR) is 346 cm³/mol. The van der Waals surface area contributed by atoms with Crippen LogP contribution in [-0.4, -0.2) is 83.0 Å². The summed E-state index contributed by atoms with van der Waals surface area (Å²) < 4.78 is 8.93. The van der Waals surface area contributed by atoms with Crippen molar-refractivity contribution in [2.75, 3.05) is 0 Å². The highest BCUT2D eigenvalue weighted by atomic mass is 32.3. The van der Waals surface area contributed by atoms with Crippen LogP contribution in [0.2, 0.25) is 0 Å². The quantitative estimate of drug-likeness (QED) is 0.190. The first kappa shape index (κ1) is 46.8. The van der Waals surface area contributed by atoms with Crippen molar-refractivity contribution in [3.05, 3.63) is 188 Å². The maximum absolute atomic E-state index is 6.30. The molecule has 0 saturated heterocycles. The summed E-state index contributed by atoms with van der Waals surface area (Å²) in [5.41, 5.74) is 26.2. The van der Waals surface area contributed by atoms with Gasteiger partial charge in [0, 0.05) is 52.3 Å². The monoisotopic (exact) mass is 943 g/mol. The lowest BCUT2D eigenvalue weighted by molar-refractivity contribution is 0.669. The highest BCUT2D eigenvalue weighted by Crippen LogP contribution is 2.74. The molecule has 0 aliphatic rings. The van der Waals surface area contributed by atoms with Gasteiger partial charge in [0.1, 0.15) is 89.6 Å². The molecule has 12 rings (SSSR count). The van der Waals surface area contributed by atoms with Crippen LogP contribution >= 0.6 is 10.0 Å². The summed E-state index contributed by atoms with van der Waals surface area (Å²) in [7, 11) is 21.2. The third-order valence-corrected chi connectivity index (χ3v) is 20.8. The standard InChI is InChI=1S/C60H51B10NOS/c61-50-48(51(62)55(66)58(69)54(50)65)42-30-37(73(34-14-4-1-5-15-34,35-16-6-2-7-17-35)36-18-8-3-9-19-36)31-43(49-52(63)56(67)59(70)57(68)53(49)64)60(42)71-44-22-12-10-20-38(44)40-28-32(24-26-45(40)71)33-25-27-47-41(29-33)39-21-11-13-23-46(39)72-47/h1-31H,61-70H2. The fourth-order valence-electron chi connectivity index (χ4n) is 12.2. The summed E-state index contributed by atoms with van der Waals surface area (Å²) in [6.07, 6.45) is 0. The van der Waals surface area contributed by atoms with Gasteiger partial charge >= 0.3 is 0 Å². The Morgan fingerprint density at radius 3 is 1.19 bits per heavy atom. The fourth-order valence-corrected chi connectivity index (χ4v) is 16.1. The van der Waals surface area contributed by atoms with Crippen LogP contribution in [0.4, 0.5) is 0 Å². The van der Waals surface area contributed by atoms with Crippen molar-refractivity contribution in [3.63, 3.8) is 0 Å². The first-order chi connectivity index (χ1) is 35.4. The van der Waals surface area contributed by atoms with Crippen LogP contribution in [-0.2, 0) is 0 Å². The van der Waals surface area contributed by atoms with Gasteiger partial charge in [-0.15, -0.1) is 42.8 Å². The minimum atomic E-state index is -2.13. The van der Waals surface area contributed by atoms with Crippen molar-refractivity contribution in [2.24, 2.45) is 0 Å². The smallest absolute Gasteiger partial charge is 0.139 e. The average Bonchev–Trinajstić information content (AvgIpc) is 3.97. The third-order valence-electron chi connectivity index (χ3n) is 16.9. The second-order valence-electron chi connectivity index (χ2n) is 20.3. The Kier molecular flexibility index (Phi) is 11.6. The first-order valence-electron chi connectivity index (χ1n) is 25.7. The lowest BCUT2D eigenvalue weighted by Crippen LogP contribution is -2.55. The van der Waals surface area contributed by atoms with Crippen molar-refractivity contribution in [3.8, 4) is 39.1 Å². The van der Waals surface area contributed by atoms with E-state index in [2.05, 4.69) is 265 Å². The molecule has 10 aromatic carbocycles. The molecule has 0 spiro atoms. The lowest BCUT2D eigenvalue weighted by atomic mass is 9.58. The predicted octanol–water partition coefficient (Wildman–Crippen LogP) is -0.391. The van der Waals surface area contributed by atoms with Crippen molar-refractivity contribution >= 4 is 187 Å². The Labute approximate surface area is 439 Å². The number of hydrogen-bond donors (Lipinski definition) is 0. The topological polar surface area (TPSA) is 18.1 Å². The molecule has 0 saturated carbocycles. The zero-order valence-electron chi connectivity index (χ0n) is 43.7. The van der Waals surface area contributed by atoms with Gasteiger partial charge in [-0.05, 0) is 107 Å². The van der Waals surface area contributed by atoms with E-state index in [0.29, 0.717) is 0 Å². The maximum atomic E-state index is 6.30. The fraction of sp³-hybridized carbons (Fsp3) is 0. The molecule has 0 fully saturated rings. The van der Waals surface area contributed by atoms with Crippen LogP contribution in [0.1, 0.15) is 0 Å². The number of nitrogens with zero attached hydrogens (tertiary/aromatic N) is 1. The Morgan fingerprint density at radius 1 is 0.301 bits per heavy atom. The summed E-state index contributed by atoms with van der Waals surface area (Å²) in [5, 5.41) is 4.71. The van der Waals surface area contributed by atoms with Gasteiger partial charge in [-0.3, -0.25) is 0 Å². The minimum Gasteiger partial charge on any atom is -0.456 e. The van der Waals surface area contributed by atoms with E-state index in [-0.39, 0.29) is 0 Å². The van der Waals surface area contributed by atoms with E-state index in [0.717, 1.165) is 21.9 Å². The Morgan fingerprint density at radius 2 is 0.685 bits per heavy atom. The summed E-state index contributed by atoms with van der Waals surface area (Å²) in [6.45, 7) is 0. The number of aromatic nitrogens is 1. The number of fused-ring (bicyclic) bond motifs is 6. The van der Waals surface area contributed by atoms with Gasteiger partial charge in [-0.25, -0.2) is 0 Å². The van der Waals surface area contributed by atoms with Crippen molar-refractivity contribution in [1.82, 2.24) is 4.57 Å². The summed E-state index contributed by atoms with van der Waals surface area (Å²) >= 11 is 0. The molecule has 12 aromatic rings. The molecular formula is C60H51B10NOS. The van der Waals surface area contributed by atoms with E-state index >= 15 is 0 Å². The molecule has 0 N–H and O–H groups in total. The highest BCUT2D eigenvalue weighted by Gasteiger charge is 2.36. The van der Waals surface area contributed by atoms with Crippen LogP contribution in [0, 0.1) is 0 Å². The van der Waals surface area contributed by atoms with E-state index < -0.39 is 10.0 Å². The second-order valence-corrected chi connectivity index (χ2v) is 23.4. The Hall–Kier alpha value is -7.20. The Bertz CT molecular complexity index is 3970. The molecule has 338 valence electrons. The molecule has 0 atom stereocenters. The van der Waals surface area contributed by atoms with E-state index in [4.69, 9.17) is 4.42 Å². The van der Waals surface area contributed by atoms with Crippen LogP contribution in [0.3, 0.4) is 0 Å². The molecule has 2 nitrogen and oxygen atoms in total. The maximum Gasteiger partial charge on any atom is 0.139 e. The zero-order valence-corrected chi connectivity index (χ0v) is 44.5. The zero-order chi connectivity index (χ0) is 50.4. The van der Waals surface area contributed by atoms with Crippen molar-refractivity contribution in [2.45, 2.75) is 19.6 Å². The molecule has 2 heterocycles. The van der Waals surface area contributed by atoms with Gasteiger partial charge in [-0.2, -0.15) is 0 Å². The highest BCUT2D eigenvalue weighted by molar-refractivity contribution is 8.34. The van der Waals surface area contributed by atoms with Crippen molar-refractivity contribution in [1.29, 1.82) is 0 Å². The number of furan rings is 1. The van der Waals surface area contributed by atoms with Gasteiger partial charge < -0.3 is 8.98 Å². The lowest BCUT2D eigenvalue weighted by Gasteiger charge is -2.43. The second kappa shape index (κ2) is 18.1. The van der Waals surface area contributed by atoms with E-state index in [1.54, 1.807) is 0 Å².